The second kappa shape index (κ2) is 9.09. The van der Waals surface area contributed by atoms with Crippen molar-refractivity contribution >= 4 is 5.97 Å². The number of hydrogen-bond acceptors (Lipinski definition) is 4. The van der Waals surface area contributed by atoms with Crippen molar-refractivity contribution in [3.63, 3.8) is 0 Å². The Morgan fingerprint density at radius 3 is 2.65 bits per heavy atom. The van der Waals surface area contributed by atoms with Crippen LogP contribution in [0.1, 0.15) is 55.0 Å². The topological polar surface area (TPSA) is 68.7 Å². The fraction of sp³-hybridized carbons (Fsp3) is 0.357. The first-order valence-corrected chi connectivity index (χ1v) is 11.8. The van der Waals surface area contributed by atoms with Crippen LogP contribution in [0, 0.1) is 17.7 Å². The van der Waals surface area contributed by atoms with Crippen molar-refractivity contribution in [1.82, 2.24) is 4.98 Å². The number of aromatic nitrogens is 1. The lowest BCUT2D eigenvalue weighted by Gasteiger charge is -2.28. The third kappa shape index (κ3) is 4.37. The summed E-state index contributed by atoms with van der Waals surface area (Å²) in [7, 11) is 1.55. The number of carboxylic acids is 1. The van der Waals surface area contributed by atoms with Gasteiger partial charge < -0.3 is 14.6 Å². The third-order valence-electron chi connectivity index (χ3n) is 7.08. The number of ether oxygens (including phenoxy) is 2. The van der Waals surface area contributed by atoms with Crippen molar-refractivity contribution in [2.45, 2.75) is 44.6 Å². The van der Waals surface area contributed by atoms with Gasteiger partial charge in [-0.05, 0) is 79.0 Å². The third-order valence-corrected chi connectivity index (χ3v) is 7.08. The van der Waals surface area contributed by atoms with Gasteiger partial charge in [-0.2, -0.15) is 0 Å². The molecule has 5 rings (SSSR count). The number of rotatable bonds is 7. The first-order chi connectivity index (χ1) is 16.4. The van der Waals surface area contributed by atoms with Crippen LogP contribution in [0.3, 0.4) is 0 Å². The number of fused-ring (bicyclic) bond motifs is 1. The molecule has 0 radical (unpaired) electrons. The van der Waals surface area contributed by atoms with E-state index in [4.69, 9.17) is 9.47 Å². The van der Waals surface area contributed by atoms with Crippen LogP contribution in [-0.4, -0.2) is 23.2 Å². The highest BCUT2D eigenvalue weighted by Gasteiger charge is 2.39. The Morgan fingerprint density at radius 1 is 1.15 bits per heavy atom. The van der Waals surface area contributed by atoms with Crippen LogP contribution in [0.25, 0.3) is 11.1 Å². The van der Waals surface area contributed by atoms with Gasteiger partial charge in [0.2, 0.25) is 0 Å². The molecule has 0 saturated heterocycles. The van der Waals surface area contributed by atoms with E-state index in [0.29, 0.717) is 22.8 Å². The van der Waals surface area contributed by atoms with Crippen LogP contribution in [-0.2, 0) is 11.2 Å². The molecule has 1 aliphatic carbocycles. The van der Waals surface area contributed by atoms with E-state index in [1.165, 1.54) is 6.07 Å². The van der Waals surface area contributed by atoms with Crippen molar-refractivity contribution < 1.29 is 23.8 Å². The number of benzene rings is 2. The molecule has 0 bridgehead atoms. The van der Waals surface area contributed by atoms with E-state index in [1.54, 1.807) is 32.4 Å². The molecular weight excluding hydrogens is 433 g/mol. The van der Waals surface area contributed by atoms with Crippen LogP contribution in [0.2, 0.25) is 0 Å². The van der Waals surface area contributed by atoms with E-state index < -0.39 is 11.9 Å². The average molecular weight is 462 g/mol. The lowest BCUT2D eigenvalue weighted by atomic mass is 9.82. The summed E-state index contributed by atoms with van der Waals surface area (Å²) >= 11 is 0. The number of nitrogens with zero attached hydrogens (tertiary/aromatic N) is 1. The first-order valence-electron chi connectivity index (χ1n) is 11.8. The van der Waals surface area contributed by atoms with Gasteiger partial charge in [0.05, 0.1) is 18.7 Å². The summed E-state index contributed by atoms with van der Waals surface area (Å²) in [6, 6.07) is 14.6. The zero-order valence-corrected chi connectivity index (χ0v) is 19.3. The molecule has 0 amide bonds. The van der Waals surface area contributed by atoms with Crippen LogP contribution < -0.4 is 9.47 Å². The predicted octanol–water partition coefficient (Wildman–Crippen LogP) is 6.18. The number of carboxylic acid groups (broad SMARTS) is 1. The molecule has 2 heterocycles. The van der Waals surface area contributed by atoms with E-state index in [0.717, 1.165) is 48.3 Å². The minimum atomic E-state index is -0.759. The standard InChI is InChI=1S/C28H28FNO4/c1-16(28(31)32)27(18-4-5-18)19-6-3-17-8-12-25(34-26(17)13-19)24-11-7-20(15-30-24)22-14-21(33-2)9-10-23(22)29/h3,6-7,9-11,13-16,18,25,27H,4-5,8,12H2,1-2H3,(H,31,32)/t16-,25?,27+/m1/s1. The van der Waals surface area contributed by atoms with Crippen molar-refractivity contribution in [1.29, 1.82) is 0 Å². The number of methoxy groups -OCH3 is 1. The Bertz CT molecular complexity index is 1210. The molecule has 5 nitrogen and oxygen atoms in total. The molecule has 34 heavy (non-hydrogen) atoms. The number of hydrogen-bond donors (Lipinski definition) is 1. The van der Waals surface area contributed by atoms with Gasteiger partial charge in [-0.3, -0.25) is 9.78 Å². The normalized spacial score (nSPS) is 19.0. The number of pyridine rings is 1. The Hall–Kier alpha value is -3.41. The molecule has 2 aromatic carbocycles. The summed E-state index contributed by atoms with van der Waals surface area (Å²) in [6.45, 7) is 1.80. The second-order valence-corrected chi connectivity index (χ2v) is 9.32. The maximum absolute atomic E-state index is 14.3. The Balaban J connectivity index is 1.37. The van der Waals surface area contributed by atoms with E-state index >= 15 is 0 Å². The number of carbonyl (C=O) groups is 1. The highest BCUT2D eigenvalue weighted by molar-refractivity contribution is 5.71. The molecule has 1 fully saturated rings. The molecule has 176 valence electrons. The summed E-state index contributed by atoms with van der Waals surface area (Å²) in [5.41, 5.74) is 4.08. The Morgan fingerprint density at radius 2 is 1.97 bits per heavy atom. The molecule has 6 heteroatoms. The molecule has 3 atom stereocenters. The summed E-state index contributed by atoms with van der Waals surface area (Å²) in [5, 5.41) is 9.60. The molecular formula is C28H28FNO4. The van der Waals surface area contributed by atoms with Gasteiger partial charge in [0.25, 0.3) is 0 Å². The van der Waals surface area contributed by atoms with Crippen molar-refractivity contribution in [3.8, 4) is 22.6 Å². The number of aliphatic carboxylic acids is 1. The lowest BCUT2D eigenvalue weighted by molar-refractivity contribution is -0.142. The zero-order valence-electron chi connectivity index (χ0n) is 19.3. The molecule has 3 aromatic rings. The summed E-state index contributed by atoms with van der Waals surface area (Å²) in [5.74, 6) is 0.302. The largest absolute Gasteiger partial charge is 0.497 e. The highest BCUT2D eigenvalue weighted by Crippen LogP contribution is 2.48. The number of aryl methyl sites for hydroxylation is 1. The van der Waals surface area contributed by atoms with Crippen molar-refractivity contribution in [2.75, 3.05) is 7.11 Å². The van der Waals surface area contributed by atoms with Gasteiger partial charge in [0.15, 0.2) is 0 Å². The van der Waals surface area contributed by atoms with Crippen molar-refractivity contribution in [2.24, 2.45) is 11.8 Å². The van der Waals surface area contributed by atoms with E-state index in [9.17, 15) is 14.3 Å². The van der Waals surface area contributed by atoms with Gasteiger partial charge >= 0.3 is 5.97 Å². The Kier molecular flexibility index (Phi) is 5.98. The summed E-state index contributed by atoms with van der Waals surface area (Å²) in [4.78, 5) is 16.3. The molecule has 1 aromatic heterocycles. The van der Waals surface area contributed by atoms with Gasteiger partial charge in [0.1, 0.15) is 23.4 Å². The van der Waals surface area contributed by atoms with Gasteiger partial charge in [-0.25, -0.2) is 4.39 Å². The quantitative estimate of drug-likeness (QED) is 0.455. The molecule has 1 unspecified atom stereocenters. The highest BCUT2D eigenvalue weighted by atomic mass is 19.1. The summed E-state index contributed by atoms with van der Waals surface area (Å²) in [6.07, 6.45) is 5.27. The molecule has 1 aliphatic heterocycles. The molecule has 2 aliphatic rings. The second-order valence-electron chi connectivity index (χ2n) is 9.32. The van der Waals surface area contributed by atoms with Crippen LogP contribution in [0.4, 0.5) is 4.39 Å². The van der Waals surface area contributed by atoms with Gasteiger partial charge in [-0.15, -0.1) is 0 Å². The van der Waals surface area contributed by atoms with E-state index in [2.05, 4.69) is 17.1 Å². The molecule has 1 saturated carbocycles. The van der Waals surface area contributed by atoms with E-state index in [1.807, 2.05) is 18.2 Å². The summed E-state index contributed by atoms with van der Waals surface area (Å²) < 4.78 is 25.9. The van der Waals surface area contributed by atoms with Crippen molar-refractivity contribution in [3.05, 3.63) is 77.4 Å². The Labute approximate surface area is 198 Å². The van der Waals surface area contributed by atoms with E-state index in [-0.39, 0.29) is 17.8 Å². The average Bonchev–Trinajstić information content (AvgIpc) is 3.69. The predicted molar refractivity (Wildman–Crippen MR) is 127 cm³/mol. The smallest absolute Gasteiger partial charge is 0.306 e. The fourth-order valence-electron chi connectivity index (χ4n) is 4.99. The maximum atomic E-state index is 14.3. The fourth-order valence-corrected chi connectivity index (χ4v) is 4.99. The molecule has 1 N–H and O–H groups in total. The minimum Gasteiger partial charge on any atom is -0.497 e. The maximum Gasteiger partial charge on any atom is 0.306 e. The van der Waals surface area contributed by atoms with Gasteiger partial charge in [0, 0.05) is 17.3 Å². The lowest BCUT2D eigenvalue weighted by Crippen LogP contribution is -2.21. The SMILES string of the molecule is COc1ccc(F)c(-c2ccc(C3CCc4ccc([C@H](C5CC5)[C@@H](C)C(=O)O)cc4O3)nc2)c1. The number of halogens is 1. The minimum absolute atomic E-state index is 0.00180. The molecule has 0 spiro atoms. The first kappa shape index (κ1) is 22.4. The van der Waals surface area contributed by atoms with Crippen LogP contribution >= 0.6 is 0 Å². The van der Waals surface area contributed by atoms with Crippen LogP contribution in [0.5, 0.6) is 11.5 Å². The zero-order chi connectivity index (χ0) is 23.8. The van der Waals surface area contributed by atoms with Crippen LogP contribution in [0.15, 0.2) is 54.7 Å². The van der Waals surface area contributed by atoms with Gasteiger partial charge in [-0.1, -0.05) is 25.1 Å². The monoisotopic (exact) mass is 461 g/mol.